The fourth-order valence-corrected chi connectivity index (χ4v) is 1.17. The number of nitrogens with zero attached hydrogens (tertiary/aromatic N) is 3. The summed E-state index contributed by atoms with van der Waals surface area (Å²) in [6.07, 6.45) is 0. The minimum atomic E-state index is 0.369. The second kappa shape index (κ2) is 4.30. The van der Waals surface area contributed by atoms with Gasteiger partial charge in [-0.05, 0) is 13.8 Å². The fourth-order valence-electron chi connectivity index (χ4n) is 0.971. The number of aromatic nitrogens is 3. The molecule has 0 bridgehead atoms. The van der Waals surface area contributed by atoms with E-state index >= 15 is 0 Å². The number of hydrogen-bond donors (Lipinski definition) is 0. The maximum atomic E-state index is 5.65. The van der Waals surface area contributed by atoms with Gasteiger partial charge in [-0.25, -0.2) is 0 Å². The topological polar surface area (TPSA) is 39.9 Å². The highest BCUT2D eigenvalue weighted by molar-refractivity contribution is 6.16. The summed E-state index contributed by atoms with van der Waals surface area (Å²) in [6, 6.07) is 0.552. The Morgan fingerprint density at radius 2 is 2.17 bits per heavy atom. The van der Waals surface area contributed by atoms with E-state index in [4.69, 9.17) is 16.3 Å². The average molecular weight is 190 g/mol. The van der Waals surface area contributed by atoms with Crippen LogP contribution in [0.2, 0.25) is 0 Å². The summed E-state index contributed by atoms with van der Waals surface area (Å²) in [5.74, 6) is 1.12. The van der Waals surface area contributed by atoms with Crippen LogP contribution in [0.3, 0.4) is 0 Å². The first-order chi connectivity index (χ1) is 5.83. The van der Waals surface area contributed by atoms with E-state index in [9.17, 15) is 0 Å². The summed E-state index contributed by atoms with van der Waals surface area (Å²) in [7, 11) is 0. The fraction of sp³-hybridized carbons (Fsp3) is 0.714. The maximum absolute atomic E-state index is 5.65. The van der Waals surface area contributed by atoms with Crippen LogP contribution in [-0.2, 0) is 12.4 Å². The Kier molecular flexibility index (Phi) is 3.34. The van der Waals surface area contributed by atoms with Crippen molar-refractivity contribution in [3.8, 4) is 6.01 Å². The van der Waals surface area contributed by atoms with Gasteiger partial charge < -0.3 is 4.74 Å². The zero-order valence-electron chi connectivity index (χ0n) is 7.25. The molecule has 0 spiro atoms. The van der Waals surface area contributed by atoms with Crippen molar-refractivity contribution >= 4 is 11.6 Å². The molecule has 1 heterocycles. The Morgan fingerprint density at radius 3 is 2.67 bits per heavy atom. The highest BCUT2D eigenvalue weighted by Crippen LogP contribution is 2.11. The first-order valence-corrected chi connectivity index (χ1v) is 4.47. The number of halogens is 1. The Labute approximate surface area is 76.5 Å². The molecule has 1 aromatic heterocycles. The Hall–Kier alpha value is -0.770. The predicted molar refractivity (Wildman–Crippen MR) is 46.4 cm³/mol. The van der Waals surface area contributed by atoms with Crippen molar-refractivity contribution in [3.63, 3.8) is 0 Å². The summed E-state index contributed by atoms with van der Waals surface area (Å²) in [5, 5.41) is 7.73. The summed E-state index contributed by atoms with van der Waals surface area (Å²) >= 11 is 5.65. The summed E-state index contributed by atoms with van der Waals surface area (Å²) in [6.45, 7) is 5.29. The molecule has 0 saturated carbocycles. The second-order valence-corrected chi connectivity index (χ2v) is 2.48. The molecule has 0 aromatic carbocycles. The average Bonchev–Trinajstić information content (AvgIpc) is 2.47. The normalized spacial score (nSPS) is 10.2. The number of rotatable bonds is 4. The molecule has 0 saturated heterocycles. The molecule has 0 aliphatic heterocycles. The maximum Gasteiger partial charge on any atom is 0.316 e. The molecular weight excluding hydrogens is 178 g/mol. The molecule has 12 heavy (non-hydrogen) atoms. The summed E-state index contributed by atoms with van der Waals surface area (Å²) in [4.78, 5) is 0. The number of hydrogen-bond acceptors (Lipinski definition) is 3. The molecular formula is C7H12ClN3O. The molecule has 68 valence electrons. The summed E-state index contributed by atoms with van der Waals surface area (Å²) in [5.41, 5.74) is 0. The van der Waals surface area contributed by atoms with Gasteiger partial charge in [-0.15, -0.1) is 16.7 Å². The third-order valence-electron chi connectivity index (χ3n) is 1.50. The van der Waals surface area contributed by atoms with Crippen molar-refractivity contribution in [2.75, 3.05) is 6.61 Å². The minimum absolute atomic E-state index is 0.369. The van der Waals surface area contributed by atoms with Gasteiger partial charge in [-0.1, -0.05) is 5.10 Å². The highest BCUT2D eigenvalue weighted by atomic mass is 35.5. The molecule has 0 aliphatic carbocycles. The lowest BCUT2D eigenvalue weighted by Crippen LogP contribution is -2.04. The van der Waals surface area contributed by atoms with Crippen molar-refractivity contribution < 1.29 is 4.74 Å². The van der Waals surface area contributed by atoms with Gasteiger partial charge in [-0.3, -0.25) is 4.57 Å². The van der Waals surface area contributed by atoms with Crippen LogP contribution in [0.4, 0.5) is 0 Å². The molecule has 5 heteroatoms. The minimum Gasteiger partial charge on any atom is -0.464 e. The van der Waals surface area contributed by atoms with Crippen molar-refractivity contribution in [1.82, 2.24) is 14.8 Å². The van der Waals surface area contributed by atoms with E-state index in [1.807, 2.05) is 18.4 Å². The molecule has 1 aromatic rings. The Morgan fingerprint density at radius 1 is 1.42 bits per heavy atom. The van der Waals surface area contributed by atoms with Gasteiger partial charge in [0.2, 0.25) is 0 Å². The predicted octanol–water partition coefficient (Wildman–Crippen LogP) is 1.44. The van der Waals surface area contributed by atoms with Crippen LogP contribution in [0.5, 0.6) is 6.01 Å². The third-order valence-corrected chi connectivity index (χ3v) is 1.74. The monoisotopic (exact) mass is 189 g/mol. The second-order valence-electron chi connectivity index (χ2n) is 2.21. The third kappa shape index (κ3) is 1.69. The molecule has 0 aliphatic rings. The van der Waals surface area contributed by atoms with Crippen molar-refractivity contribution in [2.45, 2.75) is 26.3 Å². The van der Waals surface area contributed by atoms with Crippen LogP contribution in [0.25, 0.3) is 0 Å². The highest BCUT2D eigenvalue weighted by Gasteiger charge is 2.09. The molecule has 0 atom stereocenters. The van der Waals surface area contributed by atoms with E-state index in [-0.39, 0.29) is 0 Å². The first kappa shape index (κ1) is 9.32. The van der Waals surface area contributed by atoms with E-state index in [1.54, 1.807) is 0 Å². The molecule has 0 radical (unpaired) electrons. The van der Waals surface area contributed by atoms with Gasteiger partial charge in [-0.2, -0.15) is 0 Å². The van der Waals surface area contributed by atoms with Gasteiger partial charge >= 0.3 is 6.01 Å². The molecule has 1 rings (SSSR count). The number of alkyl halides is 1. The molecule has 0 unspecified atom stereocenters. The van der Waals surface area contributed by atoms with Gasteiger partial charge in [0.05, 0.1) is 12.5 Å². The quantitative estimate of drug-likeness (QED) is 0.673. The van der Waals surface area contributed by atoms with Crippen LogP contribution in [-0.4, -0.2) is 21.4 Å². The Balaban J connectivity index is 2.88. The van der Waals surface area contributed by atoms with Gasteiger partial charge in [0.15, 0.2) is 5.82 Å². The SMILES string of the molecule is CCOc1nnc(CCl)n1CC. The molecule has 0 N–H and O–H groups in total. The van der Waals surface area contributed by atoms with Crippen LogP contribution < -0.4 is 4.74 Å². The van der Waals surface area contributed by atoms with Gasteiger partial charge in [0, 0.05) is 6.54 Å². The van der Waals surface area contributed by atoms with Gasteiger partial charge in [0.1, 0.15) is 0 Å². The van der Waals surface area contributed by atoms with Crippen LogP contribution >= 0.6 is 11.6 Å². The summed E-state index contributed by atoms with van der Waals surface area (Å²) < 4.78 is 7.10. The number of ether oxygens (including phenoxy) is 1. The zero-order valence-corrected chi connectivity index (χ0v) is 8.01. The standard InChI is InChI=1S/C7H12ClN3O/c1-3-11-6(5-8)9-10-7(11)12-4-2/h3-5H2,1-2H3. The van der Waals surface area contributed by atoms with Crippen molar-refractivity contribution in [3.05, 3.63) is 5.82 Å². The zero-order chi connectivity index (χ0) is 8.97. The van der Waals surface area contributed by atoms with Crippen LogP contribution in [0, 0.1) is 0 Å². The molecule has 0 amide bonds. The molecule has 0 fully saturated rings. The van der Waals surface area contributed by atoms with Crippen molar-refractivity contribution in [1.29, 1.82) is 0 Å². The van der Waals surface area contributed by atoms with E-state index in [0.29, 0.717) is 18.5 Å². The van der Waals surface area contributed by atoms with E-state index in [0.717, 1.165) is 12.4 Å². The largest absolute Gasteiger partial charge is 0.464 e. The van der Waals surface area contributed by atoms with E-state index in [1.165, 1.54) is 0 Å². The smallest absolute Gasteiger partial charge is 0.316 e. The van der Waals surface area contributed by atoms with Gasteiger partial charge in [0.25, 0.3) is 0 Å². The lowest BCUT2D eigenvalue weighted by atomic mass is 10.6. The van der Waals surface area contributed by atoms with Crippen LogP contribution in [0.15, 0.2) is 0 Å². The van der Waals surface area contributed by atoms with E-state index in [2.05, 4.69) is 10.2 Å². The first-order valence-electron chi connectivity index (χ1n) is 3.94. The van der Waals surface area contributed by atoms with Crippen molar-refractivity contribution in [2.24, 2.45) is 0 Å². The Bertz CT molecular complexity index is 249. The lowest BCUT2D eigenvalue weighted by molar-refractivity contribution is 0.296. The molecule has 4 nitrogen and oxygen atoms in total. The van der Waals surface area contributed by atoms with E-state index < -0.39 is 0 Å². The lowest BCUT2D eigenvalue weighted by Gasteiger charge is -2.04. The van der Waals surface area contributed by atoms with Crippen LogP contribution in [0.1, 0.15) is 19.7 Å².